The van der Waals surface area contributed by atoms with Crippen LogP contribution in [0.4, 0.5) is 10.1 Å². The molecule has 1 aliphatic rings. The van der Waals surface area contributed by atoms with Crippen molar-refractivity contribution in [3.05, 3.63) is 64.4 Å². The Hall–Kier alpha value is -2.40. The van der Waals surface area contributed by atoms with Gasteiger partial charge in [0.1, 0.15) is 5.82 Å². The zero-order chi connectivity index (χ0) is 18.8. The van der Waals surface area contributed by atoms with E-state index in [1.165, 1.54) is 17.0 Å². The summed E-state index contributed by atoms with van der Waals surface area (Å²) in [6.07, 6.45) is 0.155. The van der Waals surface area contributed by atoms with Crippen molar-refractivity contribution in [2.45, 2.75) is 19.9 Å². The van der Waals surface area contributed by atoms with Gasteiger partial charge in [-0.05, 0) is 31.2 Å². The lowest BCUT2D eigenvalue weighted by molar-refractivity contribution is -0.135. The summed E-state index contributed by atoms with van der Waals surface area (Å²) >= 11 is 6.04. The van der Waals surface area contributed by atoms with Gasteiger partial charge in [0.25, 0.3) is 0 Å². The summed E-state index contributed by atoms with van der Waals surface area (Å²) in [6, 6.07) is 12.1. The summed E-state index contributed by atoms with van der Waals surface area (Å²) in [5, 5.41) is 0.286. The minimum Gasteiger partial charge on any atom is -0.341 e. The number of anilines is 1. The van der Waals surface area contributed by atoms with Gasteiger partial charge in [0.2, 0.25) is 11.8 Å². The minimum absolute atomic E-state index is 0.0690. The lowest BCUT2D eigenvalue weighted by atomic mass is 10.1. The second-order valence-corrected chi connectivity index (χ2v) is 7.04. The van der Waals surface area contributed by atoms with E-state index in [1.807, 2.05) is 31.2 Å². The highest BCUT2D eigenvalue weighted by atomic mass is 35.5. The Morgan fingerprint density at radius 3 is 2.62 bits per heavy atom. The molecule has 0 spiro atoms. The van der Waals surface area contributed by atoms with Crippen LogP contribution in [0.25, 0.3) is 0 Å². The van der Waals surface area contributed by atoms with Crippen LogP contribution in [0, 0.1) is 18.7 Å². The van der Waals surface area contributed by atoms with Crippen molar-refractivity contribution >= 4 is 29.1 Å². The minimum atomic E-state index is -0.445. The van der Waals surface area contributed by atoms with E-state index in [-0.39, 0.29) is 35.4 Å². The Bertz CT molecular complexity index is 818. The molecule has 0 radical (unpaired) electrons. The van der Waals surface area contributed by atoms with Gasteiger partial charge in [0, 0.05) is 42.8 Å². The summed E-state index contributed by atoms with van der Waals surface area (Å²) in [4.78, 5) is 28.1. The van der Waals surface area contributed by atoms with Crippen molar-refractivity contribution in [3.8, 4) is 0 Å². The molecule has 0 aromatic heterocycles. The maximum atomic E-state index is 13.9. The standard InChI is InChI=1S/C20H20ClFN2O2/c1-13-6-8-15(9-7-13)24-11-14(10-19(24)25)20(26)23(2)12-16-17(21)4-3-5-18(16)22/h3-9,14H,10-12H2,1-2H3/t14-/m1/s1. The Kier molecular flexibility index (Phi) is 5.28. The van der Waals surface area contributed by atoms with E-state index in [0.29, 0.717) is 6.54 Å². The number of carbonyl (C=O) groups is 2. The van der Waals surface area contributed by atoms with Gasteiger partial charge < -0.3 is 9.80 Å². The number of rotatable bonds is 4. The smallest absolute Gasteiger partial charge is 0.228 e. The normalized spacial score (nSPS) is 16.8. The molecule has 136 valence electrons. The van der Waals surface area contributed by atoms with Crippen molar-refractivity contribution in [2.75, 3.05) is 18.5 Å². The number of benzene rings is 2. The second-order valence-electron chi connectivity index (χ2n) is 6.64. The van der Waals surface area contributed by atoms with Crippen LogP contribution in [-0.4, -0.2) is 30.3 Å². The Morgan fingerprint density at radius 2 is 1.96 bits per heavy atom. The molecule has 2 aromatic rings. The van der Waals surface area contributed by atoms with Crippen molar-refractivity contribution in [1.82, 2.24) is 4.90 Å². The predicted octanol–water partition coefficient (Wildman–Crippen LogP) is 3.80. The largest absolute Gasteiger partial charge is 0.341 e. The molecule has 6 heteroatoms. The first-order valence-electron chi connectivity index (χ1n) is 8.41. The van der Waals surface area contributed by atoms with E-state index in [4.69, 9.17) is 11.6 Å². The molecule has 0 saturated carbocycles. The molecule has 2 aromatic carbocycles. The third-order valence-electron chi connectivity index (χ3n) is 4.65. The molecule has 1 atom stereocenters. The Balaban J connectivity index is 1.70. The third-order valence-corrected chi connectivity index (χ3v) is 5.01. The zero-order valence-electron chi connectivity index (χ0n) is 14.7. The van der Waals surface area contributed by atoms with Gasteiger partial charge in [-0.15, -0.1) is 0 Å². The molecule has 1 heterocycles. The molecule has 2 amide bonds. The van der Waals surface area contributed by atoms with E-state index in [2.05, 4.69) is 0 Å². The number of hydrogen-bond acceptors (Lipinski definition) is 2. The average Bonchev–Trinajstić information content (AvgIpc) is 3.00. The maximum Gasteiger partial charge on any atom is 0.228 e. The van der Waals surface area contributed by atoms with Crippen LogP contribution in [0.1, 0.15) is 17.5 Å². The molecule has 4 nitrogen and oxygen atoms in total. The number of amides is 2. The SMILES string of the molecule is Cc1ccc(N2C[C@H](C(=O)N(C)Cc3c(F)cccc3Cl)CC2=O)cc1. The molecule has 0 unspecified atom stereocenters. The predicted molar refractivity (Wildman–Crippen MR) is 99.5 cm³/mol. The average molecular weight is 375 g/mol. The summed E-state index contributed by atoms with van der Waals surface area (Å²) in [6.45, 7) is 2.38. The van der Waals surface area contributed by atoms with Crippen molar-refractivity contribution in [3.63, 3.8) is 0 Å². The van der Waals surface area contributed by atoms with Crippen LogP contribution in [0.3, 0.4) is 0 Å². The molecule has 1 fully saturated rings. The van der Waals surface area contributed by atoms with E-state index in [9.17, 15) is 14.0 Å². The fraction of sp³-hybridized carbons (Fsp3) is 0.300. The van der Waals surface area contributed by atoms with Gasteiger partial charge in [0.05, 0.1) is 5.92 Å². The van der Waals surface area contributed by atoms with Crippen LogP contribution >= 0.6 is 11.6 Å². The fourth-order valence-electron chi connectivity index (χ4n) is 3.16. The van der Waals surface area contributed by atoms with Crippen LogP contribution < -0.4 is 4.90 Å². The summed E-state index contributed by atoms with van der Waals surface area (Å²) in [7, 11) is 1.60. The monoisotopic (exact) mass is 374 g/mol. The van der Waals surface area contributed by atoms with Gasteiger partial charge in [-0.2, -0.15) is 0 Å². The van der Waals surface area contributed by atoms with Crippen LogP contribution in [0.2, 0.25) is 5.02 Å². The highest BCUT2D eigenvalue weighted by Gasteiger charge is 2.36. The van der Waals surface area contributed by atoms with E-state index < -0.39 is 11.7 Å². The van der Waals surface area contributed by atoms with Crippen molar-refractivity contribution in [1.29, 1.82) is 0 Å². The maximum absolute atomic E-state index is 13.9. The highest BCUT2D eigenvalue weighted by Crippen LogP contribution is 2.27. The topological polar surface area (TPSA) is 40.6 Å². The zero-order valence-corrected chi connectivity index (χ0v) is 15.5. The van der Waals surface area contributed by atoms with Gasteiger partial charge >= 0.3 is 0 Å². The molecular weight excluding hydrogens is 355 g/mol. The molecule has 0 N–H and O–H groups in total. The quantitative estimate of drug-likeness (QED) is 0.816. The first-order valence-corrected chi connectivity index (χ1v) is 8.79. The van der Waals surface area contributed by atoms with Gasteiger partial charge in [-0.25, -0.2) is 4.39 Å². The number of carbonyl (C=O) groups excluding carboxylic acids is 2. The fourth-order valence-corrected chi connectivity index (χ4v) is 3.38. The first-order chi connectivity index (χ1) is 12.4. The molecule has 3 rings (SSSR count). The Morgan fingerprint density at radius 1 is 1.27 bits per heavy atom. The molecule has 0 bridgehead atoms. The Labute approximate surface area is 157 Å². The highest BCUT2D eigenvalue weighted by molar-refractivity contribution is 6.31. The lowest BCUT2D eigenvalue weighted by Crippen LogP contribution is -2.34. The van der Waals surface area contributed by atoms with Crippen molar-refractivity contribution < 1.29 is 14.0 Å². The number of nitrogens with zero attached hydrogens (tertiary/aromatic N) is 2. The number of aryl methyl sites for hydroxylation is 1. The number of halogens is 2. The third kappa shape index (κ3) is 3.73. The van der Waals surface area contributed by atoms with E-state index >= 15 is 0 Å². The summed E-state index contributed by atoms with van der Waals surface area (Å²) in [5.74, 6) is -1.16. The van der Waals surface area contributed by atoms with Crippen LogP contribution in [0.15, 0.2) is 42.5 Å². The van der Waals surface area contributed by atoms with Crippen LogP contribution in [-0.2, 0) is 16.1 Å². The lowest BCUT2D eigenvalue weighted by Gasteiger charge is -2.22. The molecule has 1 aliphatic heterocycles. The molecule has 26 heavy (non-hydrogen) atoms. The van der Waals surface area contributed by atoms with Crippen molar-refractivity contribution in [2.24, 2.45) is 5.92 Å². The summed E-state index contributed by atoms with van der Waals surface area (Å²) < 4.78 is 13.9. The molecular formula is C20H20ClFN2O2. The second kappa shape index (κ2) is 7.46. The molecule has 1 saturated heterocycles. The van der Waals surface area contributed by atoms with E-state index in [0.717, 1.165) is 11.3 Å². The first kappa shape index (κ1) is 18.4. The molecule has 0 aliphatic carbocycles. The summed E-state index contributed by atoms with van der Waals surface area (Å²) in [5.41, 5.74) is 2.18. The van der Waals surface area contributed by atoms with Crippen LogP contribution in [0.5, 0.6) is 0 Å². The van der Waals surface area contributed by atoms with E-state index in [1.54, 1.807) is 18.0 Å². The van der Waals surface area contributed by atoms with Gasteiger partial charge in [0.15, 0.2) is 0 Å². The van der Waals surface area contributed by atoms with Gasteiger partial charge in [-0.3, -0.25) is 9.59 Å². The van der Waals surface area contributed by atoms with Gasteiger partial charge in [-0.1, -0.05) is 35.4 Å². The number of hydrogen-bond donors (Lipinski definition) is 0.